The van der Waals surface area contributed by atoms with Crippen LogP contribution in [0.4, 0.5) is 16.3 Å². The lowest BCUT2D eigenvalue weighted by Crippen LogP contribution is -2.39. The number of benzene rings is 2. The average molecular weight is 586 g/mol. The van der Waals surface area contributed by atoms with Gasteiger partial charge in [0.2, 0.25) is 0 Å². The number of hydrogen-bond acceptors (Lipinski definition) is 8. The van der Waals surface area contributed by atoms with Gasteiger partial charge in [0, 0.05) is 49.3 Å². The first kappa shape index (κ1) is 27.3. The number of H-pyrrole nitrogens is 1. The maximum atomic E-state index is 14.5. The maximum absolute atomic E-state index is 14.5. The Kier molecular flexibility index (Phi) is 7.26. The van der Waals surface area contributed by atoms with Crippen LogP contribution in [0.1, 0.15) is 31.5 Å². The van der Waals surface area contributed by atoms with E-state index in [-0.39, 0.29) is 17.1 Å². The van der Waals surface area contributed by atoms with E-state index < -0.39 is 12.1 Å². The number of ether oxygens (including phenoxy) is 1. The van der Waals surface area contributed by atoms with Crippen LogP contribution in [0.5, 0.6) is 0 Å². The van der Waals surface area contributed by atoms with Gasteiger partial charge in [-0.15, -0.1) is 0 Å². The number of nitrogens with zero attached hydrogens (tertiary/aromatic N) is 4. The minimum atomic E-state index is -0.786. The van der Waals surface area contributed by atoms with Gasteiger partial charge in [-0.05, 0) is 25.1 Å². The first-order chi connectivity index (χ1) is 20.3. The summed E-state index contributed by atoms with van der Waals surface area (Å²) in [5, 5.41) is 5.11. The monoisotopic (exact) mass is 585 g/mol. The standard InChI is InChI=1S/C30H28ClN7O4/c1-17(36-28-24-22(39)10-13-33-27(24)34-16-35-28)26-25(31)20-8-5-9-21(37-14-11-19(12-15-37)42-30(32)41)23(20)29(40)38(26)18-6-3-2-4-7-18/h2-10,13,16-17,19H,11-12,14-15H2,1H3,(H2,32,41)(H2,33,34,35,36,39). The van der Waals surface area contributed by atoms with E-state index in [1.165, 1.54) is 18.6 Å². The summed E-state index contributed by atoms with van der Waals surface area (Å²) in [6.07, 6.45) is 3.02. The Morgan fingerprint density at radius 3 is 2.57 bits per heavy atom. The zero-order valence-electron chi connectivity index (χ0n) is 22.7. The number of nitrogens with two attached hydrogens (primary N) is 1. The van der Waals surface area contributed by atoms with E-state index in [1.54, 1.807) is 4.57 Å². The second-order valence-corrected chi connectivity index (χ2v) is 10.5. The van der Waals surface area contributed by atoms with Gasteiger partial charge >= 0.3 is 6.09 Å². The highest BCUT2D eigenvalue weighted by Crippen LogP contribution is 2.37. The number of rotatable bonds is 6. The van der Waals surface area contributed by atoms with E-state index in [4.69, 9.17) is 22.1 Å². The number of halogens is 1. The lowest BCUT2D eigenvalue weighted by molar-refractivity contribution is 0.0913. The van der Waals surface area contributed by atoms with Crippen molar-refractivity contribution in [3.63, 3.8) is 0 Å². The summed E-state index contributed by atoms with van der Waals surface area (Å²) < 4.78 is 6.81. The van der Waals surface area contributed by atoms with Gasteiger partial charge in [0.1, 0.15) is 29.3 Å². The minimum absolute atomic E-state index is 0.235. The van der Waals surface area contributed by atoms with Crippen molar-refractivity contribution in [2.45, 2.75) is 31.9 Å². The van der Waals surface area contributed by atoms with Gasteiger partial charge in [0.25, 0.3) is 5.56 Å². The molecule has 11 nitrogen and oxygen atoms in total. The fourth-order valence-corrected chi connectivity index (χ4v) is 6.06. The molecule has 1 amide bonds. The molecule has 1 fully saturated rings. The molecule has 2 aromatic carbocycles. The average Bonchev–Trinajstić information content (AvgIpc) is 2.99. The van der Waals surface area contributed by atoms with Crippen molar-refractivity contribution in [1.82, 2.24) is 19.5 Å². The summed E-state index contributed by atoms with van der Waals surface area (Å²) in [5.74, 6) is 0.326. The Labute approximate surface area is 244 Å². The van der Waals surface area contributed by atoms with Gasteiger partial charge in [-0.3, -0.25) is 14.2 Å². The Morgan fingerprint density at radius 2 is 1.83 bits per heavy atom. The molecule has 1 atom stereocenters. The lowest BCUT2D eigenvalue weighted by Gasteiger charge is -2.34. The number of pyridine rings is 2. The molecule has 5 aromatic rings. The van der Waals surface area contributed by atoms with E-state index >= 15 is 0 Å². The van der Waals surface area contributed by atoms with Crippen molar-refractivity contribution >= 4 is 51.0 Å². The number of primary amides is 1. The molecule has 6 rings (SSSR count). The number of para-hydroxylation sites is 1. The van der Waals surface area contributed by atoms with E-state index in [2.05, 4.69) is 25.2 Å². The fourth-order valence-electron chi connectivity index (χ4n) is 5.66. The second-order valence-electron chi connectivity index (χ2n) is 10.2. The zero-order chi connectivity index (χ0) is 29.4. The van der Waals surface area contributed by atoms with Crippen LogP contribution in [0, 0.1) is 0 Å². The summed E-state index contributed by atoms with van der Waals surface area (Å²) in [7, 11) is 0. The summed E-state index contributed by atoms with van der Waals surface area (Å²) in [6.45, 7) is 3.02. The van der Waals surface area contributed by atoms with Gasteiger partial charge in [-0.25, -0.2) is 14.8 Å². The van der Waals surface area contributed by atoms with Gasteiger partial charge in [-0.2, -0.15) is 0 Å². The minimum Gasteiger partial charge on any atom is -0.446 e. The molecule has 0 spiro atoms. The third kappa shape index (κ3) is 4.92. The summed E-state index contributed by atoms with van der Waals surface area (Å²) in [5.41, 5.74) is 7.05. The van der Waals surface area contributed by atoms with E-state index in [1.807, 2.05) is 55.5 Å². The molecule has 1 aliphatic rings. The van der Waals surface area contributed by atoms with Crippen LogP contribution in [-0.4, -0.2) is 44.8 Å². The SMILES string of the molecule is CC(Nc1ncnc2[nH]ccc(=O)c12)c1c(Cl)c2cccc(N3CCC(OC(N)=O)CC3)c2c(=O)n1-c1ccccc1. The first-order valence-electron chi connectivity index (χ1n) is 13.6. The number of carbonyl (C=O) groups excluding carboxylic acids is 1. The second kappa shape index (κ2) is 11.2. The molecule has 4 N–H and O–H groups in total. The molecule has 0 aliphatic carbocycles. The molecular weight excluding hydrogens is 558 g/mol. The molecule has 1 aliphatic heterocycles. The predicted molar refractivity (Wildman–Crippen MR) is 163 cm³/mol. The molecule has 42 heavy (non-hydrogen) atoms. The largest absolute Gasteiger partial charge is 0.446 e. The van der Waals surface area contributed by atoms with Crippen molar-refractivity contribution in [2.24, 2.45) is 5.73 Å². The lowest BCUT2D eigenvalue weighted by atomic mass is 10.0. The number of hydrogen-bond donors (Lipinski definition) is 3. The van der Waals surface area contributed by atoms with Crippen molar-refractivity contribution in [1.29, 1.82) is 0 Å². The van der Waals surface area contributed by atoms with Crippen molar-refractivity contribution < 1.29 is 9.53 Å². The van der Waals surface area contributed by atoms with Crippen LogP contribution in [0.2, 0.25) is 5.02 Å². The van der Waals surface area contributed by atoms with Gasteiger partial charge in [0.15, 0.2) is 5.43 Å². The molecule has 214 valence electrons. The Bertz CT molecular complexity index is 1910. The molecule has 0 bridgehead atoms. The highest BCUT2D eigenvalue weighted by Gasteiger charge is 2.27. The van der Waals surface area contributed by atoms with E-state index in [0.29, 0.717) is 70.0 Å². The van der Waals surface area contributed by atoms with Gasteiger partial charge < -0.3 is 25.7 Å². The van der Waals surface area contributed by atoms with Gasteiger partial charge in [0.05, 0.1) is 27.8 Å². The first-order valence-corrected chi connectivity index (χ1v) is 13.9. The maximum Gasteiger partial charge on any atom is 0.404 e. The Morgan fingerprint density at radius 1 is 1.07 bits per heavy atom. The van der Waals surface area contributed by atoms with Crippen LogP contribution in [0.3, 0.4) is 0 Å². The summed E-state index contributed by atoms with van der Waals surface area (Å²) >= 11 is 7.18. The molecule has 0 radical (unpaired) electrons. The van der Waals surface area contributed by atoms with Crippen molar-refractivity contribution in [2.75, 3.05) is 23.3 Å². The quantitative estimate of drug-likeness (QED) is 0.263. The number of aromatic nitrogens is 4. The smallest absolute Gasteiger partial charge is 0.404 e. The molecule has 1 unspecified atom stereocenters. The van der Waals surface area contributed by atoms with Gasteiger partial charge in [-0.1, -0.05) is 41.9 Å². The Balaban J connectivity index is 1.50. The van der Waals surface area contributed by atoms with Crippen molar-refractivity contribution in [3.05, 3.63) is 98.4 Å². The topological polar surface area (TPSA) is 148 Å². The van der Waals surface area contributed by atoms with Crippen LogP contribution < -0.4 is 26.9 Å². The fraction of sp³-hybridized carbons (Fsp3) is 0.233. The van der Waals surface area contributed by atoms with Crippen LogP contribution in [0.15, 0.2) is 76.7 Å². The van der Waals surface area contributed by atoms with Crippen molar-refractivity contribution in [3.8, 4) is 5.69 Å². The van der Waals surface area contributed by atoms with E-state index in [9.17, 15) is 14.4 Å². The van der Waals surface area contributed by atoms with Crippen LogP contribution in [0.25, 0.3) is 27.5 Å². The third-order valence-electron chi connectivity index (χ3n) is 7.55. The molecule has 0 saturated carbocycles. The number of fused-ring (bicyclic) bond motifs is 2. The molecular formula is C30H28ClN7O4. The molecule has 1 saturated heterocycles. The van der Waals surface area contributed by atoms with Crippen LogP contribution in [-0.2, 0) is 4.74 Å². The van der Waals surface area contributed by atoms with Crippen LogP contribution >= 0.6 is 11.6 Å². The zero-order valence-corrected chi connectivity index (χ0v) is 23.5. The number of nitrogens with one attached hydrogen (secondary N) is 2. The molecule has 12 heteroatoms. The number of amides is 1. The number of piperidine rings is 1. The highest BCUT2D eigenvalue weighted by molar-refractivity contribution is 6.36. The molecule has 3 aromatic heterocycles. The molecule has 4 heterocycles. The summed E-state index contributed by atoms with van der Waals surface area (Å²) in [6, 6.07) is 15.8. The third-order valence-corrected chi connectivity index (χ3v) is 7.95. The van der Waals surface area contributed by atoms with E-state index in [0.717, 1.165) is 5.69 Å². The predicted octanol–water partition coefficient (Wildman–Crippen LogP) is 4.51. The number of aromatic amines is 1. The highest BCUT2D eigenvalue weighted by atomic mass is 35.5. The summed E-state index contributed by atoms with van der Waals surface area (Å²) in [4.78, 5) is 52.0. The number of carbonyl (C=O) groups is 1. The Hall–Kier alpha value is -4.90. The number of anilines is 2. The normalized spacial score (nSPS) is 14.7.